The summed E-state index contributed by atoms with van der Waals surface area (Å²) >= 11 is 0. The van der Waals surface area contributed by atoms with Gasteiger partial charge in [0.25, 0.3) is 0 Å². The predicted molar refractivity (Wildman–Crippen MR) is 93.9 cm³/mol. The summed E-state index contributed by atoms with van der Waals surface area (Å²) in [6.07, 6.45) is 4.77. The maximum Gasteiger partial charge on any atom is 0.306 e. The molecular weight excluding hydrogens is 308 g/mol. The van der Waals surface area contributed by atoms with Crippen molar-refractivity contribution >= 4 is 12.0 Å². The van der Waals surface area contributed by atoms with Gasteiger partial charge in [-0.15, -0.1) is 0 Å². The van der Waals surface area contributed by atoms with Crippen molar-refractivity contribution in [1.82, 2.24) is 0 Å². The van der Waals surface area contributed by atoms with E-state index in [2.05, 4.69) is 0 Å². The Kier molecular flexibility index (Phi) is 9.80. The summed E-state index contributed by atoms with van der Waals surface area (Å²) in [4.78, 5) is 11.4. The average Bonchev–Trinajstić information content (AvgIpc) is 2.58. The smallest absolute Gasteiger partial charge is 0.306 e. The lowest BCUT2D eigenvalue weighted by Gasteiger charge is -2.17. The molecule has 0 aliphatic carbocycles. The third-order valence-corrected chi connectivity index (χ3v) is 3.47. The molecule has 0 radical (unpaired) electrons. The Morgan fingerprint density at radius 1 is 1.25 bits per heavy atom. The summed E-state index contributed by atoms with van der Waals surface area (Å²) in [6.45, 7) is 6.99. The van der Waals surface area contributed by atoms with E-state index in [9.17, 15) is 4.79 Å². The van der Waals surface area contributed by atoms with E-state index in [4.69, 9.17) is 18.9 Å². The fourth-order valence-corrected chi connectivity index (χ4v) is 2.23. The van der Waals surface area contributed by atoms with E-state index in [0.717, 1.165) is 16.9 Å². The lowest BCUT2D eigenvalue weighted by molar-refractivity contribution is -0.142. The molecule has 1 atom stereocenters. The van der Waals surface area contributed by atoms with Crippen molar-refractivity contribution in [3.05, 3.63) is 35.4 Å². The zero-order valence-electron chi connectivity index (χ0n) is 15.0. The second-order valence-electron chi connectivity index (χ2n) is 5.13. The van der Waals surface area contributed by atoms with Crippen LogP contribution in [-0.4, -0.2) is 33.1 Å². The van der Waals surface area contributed by atoms with Crippen LogP contribution in [0.1, 0.15) is 50.8 Å². The van der Waals surface area contributed by atoms with Crippen LogP contribution in [0.2, 0.25) is 0 Å². The first-order valence-electron chi connectivity index (χ1n) is 8.32. The zero-order valence-corrected chi connectivity index (χ0v) is 15.0. The Balaban J connectivity index is 2.80. The van der Waals surface area contributed by atoms with E-state index in [1.807, 2.05) is 44.2 Å². The molecule has 1 rings (SSSR count). The summed E-state index contributed by atoms with van der Waals surface area (Å²) in [5.74, 6) is 0.586. The number of allylic oxidation sites excluding steroid dienone is 1. The molecule has 0 saturated heterocycles. The molecule has 1 aromatic rings. The van der Waals surface area contributed by atoms with Crippen molar-refractivity contribution in [2.75, 3.05) is 27.1 Å². The van der Waals surface area contributed by atoms with Gasteiger partial charge < -0.3 is 18.9 Å². The molecular formula is C19H28O5. The van der Waals surface area contributed by atoms with Crippen LogP contribution < -0.4 is 4.74 Å². The highest BCUT2D eigenvalue weighted by atomic mass is 16.7. The highest BCUT2D eigenvalue weighted by molar-refractivity contribution is 5.70. The molecule has 0 heterocycles. The number of rotatable bonds is 11. The third-order valence-electron chi connectivity index (χ3n) is 3.47. The van der Waals surface area contributed by atoms with Crippen LogP contribution in [0.3, 0.4) is 0 Å². The van der Waals surface area contributed by atoms with E-state index in [0.29, 0.717) is 26.1 Å². The van der Waals surface area contributed by atoms with E-state index in [1.165, 1.54) is 0 Å². The second kappa shape index (κ2) is 11.6. The molecule has 0 aliphatic rings. The van der Waals surface area contributed by atoms with Gasteiger partial charge in [-0.1, -0.05) is 24.3 Å². The molecule has 0 bridgehead atoms. The van der Waals surface area contributed by atoms with Gasteiger partial charge in [0.1, 0.15) is 12.5 Å². The first kappa shape index (κ1) is 20.2. The molecule has 0 aromatic heterocycles. The van der Waals surface area contributed by atoms with Gasteiger partial charge in [0.05, 0.1) is 19.8 Å². The lowest BCUT2D eigenvalue weighted by Crippen LogP contribution is -2.07. The Morgan fingerprint density at radius 3 is 2.71 bits per heavy atom. The summed E-state index contributed by atoms with van der Waals surface area (Å²) in [5.41, 5.74) is 1.97. The summed E-state index contributed by atoms with van der Waals surface area (Å²) in [5, 5.41) is 0. The SMILES string of the molecule is CCOCO[C@H](C)c1cccc(OC)c1/C=C/CCC(=O)OCC. The van der Waals surface area contributed by atoms with Crippen LogP contribution in [-0.2, 0) is 19.0 Å². The number of carbonyl (C=O) groups is 1. The predicted octanol–water partition coefficient (Wildman–Crippen LogP) is 4.12. The normalized spacial score (nSPS) is 12.3. The fourth-order valence-electron chi connectivity index (χ4n) is 2.23. The minimum Gasteiger partial charge on any atom is -0.496 e. The van der Waals surface area contributed by atoms with Crippen LogP contribution in [0.5, 0.6) is 5.75 Å². The maximum absolute atomic E-state index is 11.4. The minimum absolute atomic E-state index is 0.128. The van der Waals surface area contributed by atoms with Crippen LogP contribution in [0.4, 0.5) is 0 Å². The van der Waals surface area contributed by atoms with E-state index >= 15 is 0 Å². The van der Waals surface area contributed by atoms with E-state index in [-0.39, 0.29) is 18.9 Å². The molecule has 134 valence electrons. The molecule has 24 heavy (non-hydrogen) atoms. The van der Waals surface area contributed by atoms with Gasteiger partial charge in [-0.25, -0.2) is 0 Å². The van der Waals surface area contributed by atoms with Crippen molar-refractivity contribution in [2.45, 2.75) is 39.7 Å². The molecule has 0 aliphatic heterocycles. The molecule has 1 aromatic carbocycles. The maximum atomic E-state index is 11.4. The number of hydrogen-bond donors (Lipinski definition) is 0. The monoisotopic (exact) mass is 336 g/mol. The second-order valence-corrected chi connectivity index (χ2v) is 5.13. The fraction of sp³-hybridized carbons (Fsp3) is 0.526. The number of methoxy groups -OCH3 is 1. The topological polar surface area (TPSA) is 54.0 Å². The van der Waals surface area contributed by atoms with Crippen molar-refractivity contribution < 1.29 is 23.7 Å². The first-order chi connectivity index (χ1) is 11.6. The largest absolute Gasteiger partial charge is 0.496 e. The number of ether oxygens (including phenoxy) is 4. The minimum atomic E-state index is -0.184. The Bertz CT molecular complexity index is 524. The van der Waals surface area contributed by atoms with Gasteiger partial charge in [-0.2, -0.15) is 0 Å². The van der Waals surface area contributed by atoms with Gasteiger partial charge in [0.2, 0.25) is 0 Å². The van der Waals surface area contributed by atoms with Crippen LogP contribution in [0, 0.1) is 0 Å². The van der Waals surface area contributed by atoms with Crippen LogP contribution in [0.25, 0.3) is 6.08 Å². The van der Waals surface area contributed by atoms with Crippen molar-refractivity contribution in [2.24, 2.45) is 0 Å². The zero-order chi connectivity index (χ0) is 17.8. The van der Waals surface area contributed by atoms with Crippen molar-refractivity contribution in [3.8, 4) is 5.75 Å². The summed E-state index contributed by atoms with van der Waals surface area (Å²) in [6, 6.07) is 5.85. The molecule has 0 saturated carbocycles. The van der Waals surface area contributed by atoms with Gasteiger partial charge in [0.15, 0.2) is 0 Å². The standard InChI is InChI=1S/C19H28O5/c1-5-22-14-24-15(3)16-11-9-12-18(21-4)17(16)10-7-8-13-19(20)23-6-2/h7,9-12,15H,5-6,8,13-14H2,1-4H3/b10-7+/t15-/m1/s1. The molecule has 0 unspecified atom stereocenters. The average molecular weight is 336 g/mol. The third kappa shape index (κ3) is 6.72. The molecule has 0 N–H and O–H groups in total. The molecule has 0 amide bonds. The highest BCUT2D eigenvalue weighted by Crippen LogP contribution is 2.30. The van der Waals surface area contributed by atoms with E-state index < -0.39 is 0 Å². The molecule has 0 spiro atoms. The van der Waals surface area contributed by atoms with Crippen molar-refractivity contribution in [3.63, 3.8) is 0 Å². The van der Waals surface area contributed by atoms with Gasteiger partial charge >= 0.3 is 5.97 Å². The van der Waals surface area contributed by atoms with E-state index in [1.54, 1.807) is 14.0 Å². The Hall–Kier alpha value is -1.85. The highest BCUT2D eigenvalue weighted by Gasteiger charge is 2.13. The lowest BCUT2D eigenvalue weighted by atomic mass is 10.0. The summed E-state index contributed by atoms with van der Waals surface area (Å²) in [7, 11) is 1.64. The molecule has 0 fully saturated rings. The molecule has 5 heteroatoms. The molecule has 5 nitrogen and oxygen atoms in total. The number of esters is 1. The van der Waals surface area contributed by atoms with Crippen LogP contribution >= 0.6 is 0 Å². The number of hydrogen-bond acceptors (Lipinski definition) is 5. The van der Waals surface area contributed by atoms with Crippen LogP contribution in [0.15, 0.2) is 24.3 Å². The quantitative estimate of drug-likeness (QED) is 0.345. The van der Waals surface area contributed by atoms with Gasteiger partial charge in [-0.05, 0) is 38.8 Å². The number of carbonyl (C=O) groups excluding carboxylic acids is 1. The van der Waals surface area contributed by atoms with Gasteiger partial charge in [0, 0.05) is 18.6 Å². The Morgan fingerprint density at radius 2 is 2.04 bits per heavy atom. The summed E-state index contributed by atoms with van der Waals surface area (Å²) < 4.78 is 21.3. The Labute approximate surface area is 144 Å². The number of benzene rings is 1. The van der Waals surface area contributed by atoms with Gasteiger partial charge in [-0.3, -0.25) is 4.79 Å². The van der Waals surface area contributed by atoms with Crippen molar-refractivity contribution in [1.29, 1.82) is 0 Å². The first-order valence-corrected chi connectivity index (χ1v) is 8.32.